The van der Waals surface area contributed by atoms with Crippen LogP contribution in [0.5, 0.6) is 0 Å². The van der Waals surface area contributed by atoms with E-state index in [1.54, 1.807) is 0 Å². The van der Waals surface area contributed by atoms with Gasteiger partial charge in [-0.2, -0.15) is 0 Å². The molecule has 8 heteroatoms. The van der Waals surface area contributed by atoms with Gasteiger partial charge in [0.25, 0.3) is 0 Å². The Morgan fingerprint density at radius 1 is 1.08 bits per heavy atom. The second-order valence-electron chi connectivity index (χ2n) is 9.10. The van der Waals surface area contributed by atoms with Crippen LogP contribution in [0.1, 0.15) is 54.9 Å². The van der Waals surface area contributed by atoms with E-state index in [9.17, 15) is 9.59 Å². The van der Waals surface area contributed by atoms with Crippen LogP contribution in [-0.2, 0) is 23.2 Å². The van der Waals surface area contributed by atoms with Gasteiger partial charge in [0.15, 0.2) is 24.3 Å². The van der Waals surface area contributed by atoms with Gasteiger partial charge in [0, 0.05) is 13.3 Å². The Morgan fingerprint density at radius 2 is 1.52 bits per heavy atom. The smallest absolute Gasteiger partial charge is 0.304 e. The number of carbonyl (C=O) groups excluding carboxylic acids is 2. The first-order valence-electron chi connectivity index (χ1n) is 9.00. The summed E-state index contributed by atoms with van der Waals surface area (Å²) in [4.78, 5) is 23.1. The van der Waals surface area contributed by atoms with Crippen molar-refractivity contribution in [3.05, 3.63) is 0 Å². The quantitative estimate of drug-likeness (QED) is 0.314. The fraction of sp³-hybridized carbons (Fsp3) is 0.882. The second kappa shape index (κ2) is 8.32. The molecule has 6 nitrogen and oxygen atoms in total. The number of amides is 1. The predicted molar refractivity (Wildman–Crippen MR) is 103 cm³/mol. The Bertz CT molecular complexity index is 464. The average Bonchev–Trinajstić information content (AvgIpc) is 2.41. The minimum absolute atomic E-state index is 0.102. The van der Waals surface area contributed by atoms with Gasteiger partial charge in [-0.1, -0.05) is 41.5 Å². The van der Waals surface area contributed by atoms with E-state index in [1.807, 2.05) is 0 Å². The lowest BCUT2D eigenvalue weighted by Gasteiger charge is -2.40. The lowest BCUT2D eigenvalue weighted by Crippen LogP contribution is -2.61. The first-order valence-corrected chi connectivity index (χ1v) is 13.4. The topological polar surface area (TPSA) is 73.9 Å². The molecule has 0 aromatic heterocycles. The first kappa shape index (κ1) is 22.3. The molecule has 0 radical (unpaired) electrons. The van der Waals surface area contributed by atoms with Gasteiger partial charge >= 0.3 is 5.97 Å². The van der Waals surface area contributed by atoms with Crippen LogP contribution in [-0.4, -0.2) is 42.5 Å². The van der Waals surface area contributed by atoms with E-state index in [0.29, 0.717) is 6.42 Å². The molecule has 0 aliphatic carbocycles. The maximum absolute atomic E-state index is 11.9. The van der Waals surface area contributed by atoms with Crippen molar-refractivity contribution in [2.24, 2.45) is 5.92 Å². The number of rotatable bonds is 7. The van der Waals surface area contributed by atoms with Gasteiger partial charge < -0.3 is 18.9 Å². The molecule has 0 aromatic carbocycles. The standard InChI is InChI=1S/C17H35NO5Si2/c1-11(19)21-15-12(14(20)18-15)10-13(22-24(8)16(2,3)4)23-25(9)17(5,6)7/h12-13,15,24-25H,10H2,1-9H3,(H,18,20). The van der Waals surface area contributed by atoms with Crippen molar-refractivity contribution >= 4 is 30.0 Å². The summed E-state index contributed by atoms with van der Waals surface area (Å²) >= 11 is 0. The fourth-order valence-electron chi connectivity index (χ4n) is 2.12. The molecule has 0 saturated carbocycles. The third kappa shape index (κ3) is 6.84. The molecule has 0 bridgehead atoms. The van der Waals surface area contributed by atoms with Gasteiger partial charge in [0.05, 0.1) is 5.92 Å². The van der Waals surface area contributed by atoms with E-state index >= 15 is 0 Å². The summed E-state index contributed by atoms with van der Waals surface area (Å²) in [7, 11) is -3.04. The predicted octanol–water partition coefficient (Wildman–Crippen LogP) is 2.68. The Balaban J connectivity index is 2.83. The van der Waals surface area contributed by atoms with Crippen LogP contribution in [0.15, 0.2) is 0 Å². The normalized spacial score (nSPS) is 24.8. The number of ether oxygens (including phenoxy) is 1. The molecule has 1 amide bonds. The maximum atomic E-state index is 11.9. The molecule has 1 saturated heterocycles. The third-order valence-electron chi connectivity index (χ3n) is 4.88. The van der Waals surface area contributed by atoms with Crippen molar-refractivity contribution in [3.63, 3.8) is 0 Å². The SMILES string of the molecule is CC(=O)OC1NC(=O)C1CC(O[SiH](C)C(C)(C)C)O[SiH](C)C(C)(C)C. The zero-order valence-electron chi connectivity index (χ0n) is 17.1. The molecule has 1 N–H and O–H groups in total. The largest absolute Gasteiger partial charge is 0.441 e. The highest BCUT2D eigenvalue weighted by atomic mass is 28.3. The van der Waals surface area contributed by atoms with E-state index in [1.165, 1.54) is 6.92 Å². The molecule has 1 fully saturated rings. The Hall–Kier alpha value is -0.706. The van der Waals surface area contributed by atoms with Gasteiger partial charge in [-0.25, -0.2) is 0 Å². The highest BCUT2D eigenvalue weighted by molar-refractivity contribution is 6.55. The highest BCUT2D eigenvalue weighted by Gasteiger charge is 2.44. The number of nitrogens with one attached hydrogen (secondary N) is 1. The molecule has 1 aliphatic rings. The van der Waals surface area contributed by atoms with E-state index < -0.39 is 42.5 Å². The number of esters is 1. The molecule has 146 valence electrons. The maximum Gasteiger partial charge on any atom is 0.304 e. The zero-order valence-corrected chi connectivity index (χ0v) is 19.4. The van der Waals surface area contributed by atoms with Crippen molar-refractivity contribution in [1.29, 1.82) is 0 Å². The third-order valence-corrected chi connectivity index (χ3v) is 11.2. The molecule has 4 unspecified atom stereocenters. The number of hydrogen-bond acceptors (Lipinski definition) is 5. The van der Waals surface area contributed by atoms with E-state index in [4.69, 9.17) is 13.6 Å². The molecule has 4 atom stereocenters. The minimum Gasteiger partial charge on any atom is -0.441 e. The van der Waals surface area contributed by atoms with E-state index in [2.05, 4.69) is 60.0 Å². The van der Waals surface area contributed by atoms with E-state index in [-0.39, 0.29) is 16.0 Å². The second-order valence-corrected chi connectivity index (χ2v) is 15.7. The molecular weight excluding hydrogens is 354 g/mol. The first-order chi connectivity index (χ1) is 11.2. The zero-order chi connectivity index (χ0) is 19.6. The molecule has 0 aromatic rings. The minimum atomic E-state index is -1.52. The van der Waals surface area contributed by atoms with Gasteiger partial charge in [0.2, 0.25) is 5.91 Å². The Labute approximate surface area is 155 Å². The summed E-state index contributed by atoms with van der Waals surface area (Å²) in [6.45, 7) is 18.7. The number of β-lactam (4-membered cyclic amide) rings is 1. The average molecular weight is 390 g/mol. The molecule has 0 spiro atoms. The van der Waals surface area contributed by atoms with Gasteiger partial charge in [0.1, 0.15) is 6.29 Å². The number of hydrogen-bond donors (Lipinski definition) is 1. The van der Waals surface area contributed by atoms with Crippen molar-refractivity contribution < 1.29 is 23.2 Å². The van der Waals surface area contributed by atoms with Crippen molar-refractivity contribution in [2.75, 3.05) is 0 Å². The molecule has 1 aliphatic heterocycles. The Kier molecular flexibility index (Phi) is 7.44. The fourth-order valence-corrected chi connectivity index (χ4v) is 4.33. The summed E-state index contributed by atoms with van der Waals surface area (Å²) in [5.74, 6) is -0.918. The van der Waals surface area contributed by atoms with Crippen LogP contribution in [0, 0.1) is 5.92 Å². The number of carbonyl (C=O) groups is 2. The summed E-state index contributed by atoms with van der Waals surface area (Å²) in [6, 6.07) is 0. The van der Waals surface area contributed by atoms with Gasteiger partial charge in [-0.15, -0.1) is 0 Å². The Morgan fingerprint density at radius 3 is 1.84 bits per heavy atom. The molecule has 25 heavy (non-hydrogen) atoms. The van der Waals surface area contributed by atoms with Crippen LogP contribution in [0.2, 0.25) is 23.2 Å². The highest BCUT2D eigenvalue weighted by Crippen LogP contribution is 2.33. The molecular formula is C17H35NO5Si2. The van der Waals surface area contributed by atoms with Gasteiger partial charge in [-0.05, 0) is 23.2 Å². The molecule has 1 heterocycles. The summed E-state index contributed by atoms with van der Waals surface area (Å²) in [5, 5.41) is 2.83. The van der Waals surface area contributed by atoms with Crippen LogP contribution in [0.4, 0.5) is 0 Å². The summed E-state index contributed by atoms with van der Waals surface area (Å²) in [6.07, 6.45) is -0.571. The van der Waals surface area contributed by atoms with Crippen molar-refractivity contribution in [1.82, 2.24) is 5.32 Å². The van der Waals surface area contributed by atoms with Crippen LogP contribution < -0.4 is 5.32 Å². The summed E-state index contributed by atoms with van der Waals surface area (Å²) < 4.78 is 17.8. The lowest BCUT2D eigenvalue weighted by molar-refractivity contribution is -0.172. The van der Waals surface area contributed by atoms with Crippen molar-refractivity contribution in [3.8, 4) is 0 Å². The van der Waals surface area contributed by atoms with Crippen molar-refractivity contribution in [2.45, 2.75) is 90.6 Å². The van der Waals surface area contributed by atoms with E-state index in [0.717, 1.165) is 0 Å². The molecule has 1 rings (SSSR count). The van der Waals surface area contributed by atoms with Crippen LogP contribution >= 0.6 is 0 Å². The lowest BCUT2D eigenvalue weighted by atomic mass is 9.95. The van der Waals surface area contributed by atoms with Crippen LogP contribution in [0.25, 0.3) is 0 Å². The van der Waals surface area contributed by atoms with Gasteiger partial charge in [-0.3, -0.25) is 9.59 Å². The van der Waals surface area contributed by atoms with Crippen LogP contribution in [0.3, 0.4) is 0 Å². The summed E-state index contributed by atoms with van der Waals surface area (Å²) in [5.41, 5.74) is 0. The monoisotopic (exact) mass is 389 g/mol.